The van der Waals surface area contributed by atoms with Gasteiger partial charge in [-0.05, 0) is 30.3 Å². The fourth-order valence-corrected chi connectivity index (χ4v) is 2.23. The predicted molar refractivity (Wildman–Crippen MR) is 90.3 cm³/mol. The summed E-state index contributed by atoms with van der Waals surface area (Å²) in [5.74, 6) is -0.203. The summed E-state index contributed by atoms with van der Waals surface area (Å²) in [6.07, 6.45) is 2.38. The van der Waals surface area contributed by atoms with Crippen LogP contribution in [0.3, 0.4) is 0 Å². The van der Waals surface area contributed by atoms with Crippen molar-refractivity contribution in [3.05, 3.63) is 69.8 Å². The van der Waals surface area contributed by atoms with Gasteiger partial charge in [0.2, 0.25) is 6.79 Å². The number of hydrogen-bond acceptors (Lipinski definition) is 6. The van der Waals surface area contributed by atoms with Crippen molar-refractivity contribution in [1.82, 2.24) is 10.9 Å². The van der Waals surface area contributed by atoms with E-state index in [2.05, 4.69) is 10.9 Å². The van der Waals surface area contributed by atoms with Crippen molar-refractivity contribution in [2.45, 2.75) is 0 Å². The molecule has 3 rings (SSSR count). The number of carbonyl (C=O) groups is 2. The molecule has 2 N–H and O–H groups in total. The maximum absolute atomic E-state index is 12.0. The highest BCUT2D eigenvalue weighted by Crippen LogP contribution is 2.32. The van der Waals surface area contributed by atoms with Crippen LogP contribution in [0.1, 0.15) is 15.9 Å². The Labute approximate surface area is 147 Å². The molecule has 1 aliphatic rings. The highest BCUT2D eigenvalue weighted by atomic mass is 16.7. The van der Waals surface area contributed by atoms with E-state index in [0.29, 0.717) is 11.5 Å². The maximum atomic E-state index is 12.0. The molecule has 0 bridgehead atoms. The van der Waals surface area contributed by atoms with Gasteiger partial charge in [-0.1, -0.05) is 12.1 Å². The zero-order valence-corrected chi connectivity index (χ0v) is 13.3. The molecular formula is C17H13N3O6. The number of carbonyl (C=O) groups excluding carboxylic acids is 2. The summed E-state index contributed by atoms with van der Waals surface area (Å²) in [6.45, 7) is 0.0908. The molecule has 0 atom stereocenters. The number of ether oxygens (including phenoxy) is 2. The Balaban J connectivity index is 1.59. The first-order valence-corrected chi connectivity index (χ1v) is 7.46. The second kappa shape index (κ2) is 7.34. The lowest BCUT2D eigenvalue weighted by Gasteiger charge is -2.06. The number of benzene rings is 2. The molecule has 0 aliphatic carbocycles. The Morgan fingerprint density at radius 3 is 2.65 bits per heavy atom. The number of hydrogen-bond donors (Lipinski definition) is 2. The van der Waals surface area contributed by atoms with Gasteiger partial charge in [-0.15, -0.1) is 0 Å². The molecule has 9 heteroatoms. The lowest BCUT2D eigenvalue weighted by molar-refractivity contribution is -0.385. The highest BCUT2D eigenvalue weighted by Gasteiger charge is 2.16. The monoisotopic (exact) mass is 355 g/mol. The second-order valence-corrected chi connectivity index (χ2v) is 5.16. The van der Waals surface area contributed by atoms with Gasteiger partial charge in [-0.3, -0.25) is 30.6 Å². The van der Waals surface area contributed by atoms with Crippen molar-refractivity contribution in [3.63, 3.8) is 0 Å². The van der Waals surface area contributed by atoms with Gasteiger partial charge in [0, 0.05) is 17.7 Å². The van der Waals surface area contributed by atoms with Crippen molar-refractivity contribution in [2.75, 3.05) is 6.79 Å². The highest BCUT2D eigenvalue weighted by molar-refractivity contribution is 5.98. The lowest BCUT2D eigenvalue weighted by Crippen LogP contribution is -2.40. The smallest absolute Gasteiger partial charge is 0.276 e. The first-order chi connectivity index (χ1) is 12.5. The molecule has 9 nitrogen and oxygen atoms in total. The van der Waals surface area contributed by atoms with Crippen LogP contribution in [-0.2, 0) is 4.79 Å². The molecule has 0 spiro atoms. The number of nitro benzene ring substituents is 1. The average Bonchev–Trinajstić information content (AvgIpc) is 3.12. The summed E-state index contributed by atoms with van der Waals surface area (Å²) in [5, 5.41) is 10.9. The summed E-state index contributed by atoms with van der Waals surface area (Å²) in [7, 11) is 0. The van der Waals surface area contributed by atoms with E-state index < -0.39 is 16.7 Å². The van der Waals surface area contributed by atoms with Crippen LogP contribution in [0.2, 0.25) is 0 Å². The van der Waals surface area contributed by atoms with Crippen LogP contribution in [0.4, 0.5) is 5.69 Å². The molecule has 2 aromatic rings. The predicted octanol–water partition coefficient (Wildman–Crippen LogP) is 1.80. The van der Waals surface area contributed by atoms with Gasteiger partial charge in [-0.2, -0.15) is 0 Å². The zero-order chi connectivity index (χ0) is 18.5. The van der Waals surface area contributed by atoms with E-state index in [1.54, 1.807) is 12.1 Å². The Kier molecular flexibility index (Phi) is 4.79. The van der Waals surface area contributed by atoms with E-state index in [0.717, 1.165) is 6.08 Å². The van der Waals surface area contributed by atoms with Crippen molar-refractivity contribution < 1.29 is 24.0 Å². The third kappa shape index (κ3) is 3.78. The van der Waals surface area contributed by atoms with E-state index >= 15 is 0 Å². The van der Waals surface area contributed by atoms with Crippen molar-refractivity contribution in [1.29, 1.82) is 0 Å². The van der Waals surface area contributed by atoms with E-state index in [1.807, 2.05) is 0 Å². The second-order valence-electron chi connectivity index (χ2n) is 5.16. The molecule has 0 unspecified atom stereocenters. The minimum atomic E-state index is -0.641. The maximum Gasteiger partial charge on any atom is 0.276 e. The number of nitrogens with zero attached hydrogens (tertiary/aromatic N) is 1. The van der Waals surface area contributed by atoms with Crippen LogP contribution in [0.25, 0.3) is 6.08 Å². The quantitative estimate of drug-likeness (QED) is 0.490. The van der Waals surface area contributed by atoms with E-state index in [4.69, 9.17) is 9.47 Å². The van der Waals surface area contributed by atoms with Crippen LogP contribution in [0, 0.1) is 10.1 Å². The Morgan fingerprint density at radius 2 is 1.85 bits per heavy atom. The van der Waals surface area contributed by atoms with Gasteiger partial charge in [0.15, 0.2) is 11.5 Å². The Morgan fingerprint density at radius 1 is 1.08 bits per heavy atom. The Bertz CT molecular complexity index is 909. The van der Waals surface area contributed by atoms with Crippen LogP contribution in [-0.4, -0.2) is 23.5 Å². The molecule has 2 amide bonds. The minimum Gasteiger partial charge on any atom is -0.454 e. The molecule has 2 aromatic carbocycles. The van der Waals surface area contributed by atoms with Gasteiger partial charge >= 0.3 is 0 Å². The van der Waals surface area contributed by atoms with Crippen molar-refractivity contribution in [2.24, 2.45) is 0 Å². The molecule has 1 aliphatic heterocycles. The van der Waals surface area contributed by atoms with Gasteiger partial charge in [-0.25, -0.2) is 0 Å². The fourth-order valence-electron chi connectivity index (χ4n) is 2.23. The topological polar surface area (TPSA) is 120 Å². The van der Waals surface area contributed by atoms with Gasteiger partial charge < -0.3 is 9.47 Å². The van der Waals surface area contributed by atoms with Crippen molar-refractivity contribution in [3.8, 4) is 11.5 Å². The van der Waals surface area contributed by atoms with Crippen LogP contribution in [0.15, 0.2) is 48.5 Å². The average molecular weight is 355 g/mol. The van der Waals surface area contributed by atoms with Crippen LogP contribution >= 0.6 is 0 Å². The summed E-state index contributed by atoms with van der Waals surface area (Å²) in [6, 6.07) is 10.6. The van der Waals surface area contributed by atoms with Gasteiger partial charge in [0.25, 0.3) is 17.5 Å². The summed E-state index contributed by atoms with van der Waals surface area (Å²) in [4.78, 5) is 34.2. The molecule has 26 heavy (non-hydrogen) atoms. The molecule has 1 heterocycles. The van der Waals surface area contributed by atoms with Crippen LogP contribution in [0.5, 0.6) is 11.5 Å². The van der Waals surface area contributed by atoms with Gasteiger partial charge in [0.05, 0.1) is 10.5 Å². The number of para-hydroxylation sites is 1. The fraction of sp³-hybridized carbons (Fsp3) is 0.0588. The molecular weight excluding hydrogens is 342 g/mol. The molecule has 0 aromatic heterocycles. The summed E-state index contributed by atoms with van der Waals surface area (Å²) < 4.78 is 10.3. The third-order valence-electron chi connectivity index (χ3n) is 3.48. The number of nitrogens with one attached hydrogen (secondary N) is 2. The molecule has 0 saturated heterocycles. The zero-order valence-electron chi connectivity index (χ0n) is 13.3. The third-order valence-corrected chi connectivity index (χ3v) is 3.48. The number of hydrazine groups is 1. The van der Waals surface area contributed by atoms with Crippen LogP contribution < -0.4 is 20.3 Å². The first kappa shape index (κ1) is 17.0. The number of amides is 2. The minimum absolute atomic E-state index is 0.0908. The SMILES string of the molecule is O=C(/C=C/c1ccccc1[N+](=O)[O-])NNC(=O)c1ccc2c(c1)OCO2. The van der Waals surface area contributed by atoms with E-state index in [-0.39, 0.29) is 23.6 Å². The van der Waals surface area contributed by atoms with E-state index in [9.17, 15) is 19.7 Å². The number of fused-ring (bicyclic) bond motifs is 1. The van der Waals surface area contributed by atoms with Gasteiger partial charge in [0.1, 0.15) is 0 Å². The van der Waals surface area contributed by atoms with E-state index in [1.165, 1.54) is 36.4 Å². The molecule has 0 saturated carbocycles. The molecule has 0 fully saturated rings. The van der Waals surface area contributed by atoms with Crippen molar-refractivity contribution >= 4 is 23.6 Å². The standard InChI is InChI=1S/C17H13N3O6/c21-16(8-6-11-3-1-2-4-13(11)20(23)24)18-19-17(22)12-5-7-14-15(9-12)26-10-25-14/h1-9H,10H2,(H,18,21)(H,19,22)/b8-6+. The summed E-state index contributed by atoms with van der Waals surface area (Å²) in [5.41, 5.74) is 4.87. The molecule has 132 valence electrons. The molecule has 0 radical (unpaired) electrons. The first-order valence-electron chi connectivity index (χ1n) is 7.46. The number of nitro groups is 1. The number of rotatable bonds is 4. The largest absolute Gasteiger partial charge is 0.454 e. The Hall–Kier alpha value is -3.88. The lowest BCUT2D eigenvalue weighted by atomic mass is 10.1. The normalized spacial score (nSPS) is 12.0. The summed E-state index contributed by atoms with van der Waals surface area (Å²) >= 11 is 0.